The van der Waals surface area contributed by atoms with Crippen LogP contribution >= 0.6 is 0 Å². The zero-order valence-corrected chi connectivity index (χ0v) is 24.2. The Hall–Kier alpha value is -1.92. The minimum absolute atomic E-state index is 0.00695. The molecule has 5 unspecified atom stereocenters. The second-order valence-corrected chi connectivity index (χ2v) is 13.7. The molecule has 0 spiro atoms. The van der Waals surface area contributed by atoms with Gasteiger partial charge in [-0.15, -0.1) is 0 Å². The van der Waals surface area contributed by atoms with Crippen LogP contribution in [-0.2, 0) is 6.18 Å². The van der Waals surface area contributed by atoms with Gasteiger partial charge in [-0.25, -0.2) is 15.6 Å². The summed E-state index contributed by atoms with van der Waals surface area (Å²) in [7, 11) is 4.24. The molecule has 2 saturated carbocycles. The zero-order valence-electron chi connectivity index (χ0n) is 24.2. The lowest BCUT2D eigenvalue weighted by Crippen LogP contribution is -2.58. The van der Waals surface area contributed by atoms with E-state index < -0.39 is 11.7 Å². The van der Waals surface area contributed by atoms with Crippen LogP contribution in [0.25, 0.3) is 5.52 Å². The number of hydrogen-bond acceptors (Lipinski definition) is 6. The highest BCUT2D eigenvalue weighted by atomic mass is 19.4. The molecule has 7 rings (SSSR count). The highest BCUT2D eigenvalue weighted by Crippen LogP contribution is 2.47. The molecule has 0 radical (unpaired) electrons. The zero-order chi connectivity index (χ0) is 28.5. The molecule has 2 aliphatic carbocycles. The lowest BCUT2D eigenvalue weighted by molar-refractivity contribution is -0.136. The molecule has 5 heterocycles. The van der Waals surface area contributed by atoms with Gasteiger partial charge >= 0.3 is 11.9 Å². The first kappa shape index (κ1) is 27.9. The molecular formula is C30H44F3N7O. The summed E-state index contributed by atoms with van der Waals surface area (Å²) in [4.78, 5) is 18.5. The van der Waals surface area contributed by atoms with Gasteiger partial charge in [0.05, 0.1) is 23.9 Å². The Morgan fingerprint density at radius 3 is 2.29 bits per heavy atom. The van der Waals surface area contributed by atoms with E-state index in [9.17, 15) is 18.0 Å². The van der Waals surface area contributed by atoms with Gasteiger partial charge in [-0.05, 0) is 81.5 Å². The van der Waals surface area contributed by atoms with Crippen molar-refractivity contribution < 1.29 is 13.2 Å². The number of aromatic nitrogens is 2. The molecule has 0 amide bonds. The van der Waals surface area contributed by atoms with E-state index in [0.29, 0.717) is 23.3 Å². The third kappa shape index (κ3) is 5.15. The van der Waals surface area contributed by atoms with Gasteiger partial charge in [-0.2, -0.15) is 13.2 Å². The van der Waals surface area contributed by atoms with Crippen LogP contribution in [0.5, 0.6) is 0 Å². The number of rotatable bonds is 5. The quantitative estimate of drug-likeness (QED) is 0.505. The van der Waals surface area contributed by atoms with Crippen LogP contribution in [0.4, 0.5) is 13.2 Å². The molecule has 41 heavy (non-hydrogen) atoms. The molecule has 226 valence electrons. The number of hydrogen-bond donors (Lipinski definition) is 3. The van der Waals surface area contributed by atoms with Gasteiger partial charge in [0.15, 0.2) is 0 Å². The third-order valence-electron chi connectivity index (χ3n) is 11.0. The molecular weight excluding hydrogens is 531 g/mol. The highest BCUT2D eigenvalue weighted by molar-refractivity contribution is 5.56. The largest absolute Gasteiger partial charge is 0.418 e. The van der Waals surface area contributed by atoms with Crippen LogP contribution < -0.4 is 21.9 Å². The van der Waals surface area contributed by atoms with E-state index in [4.69, 9.17) is 0 Å². The fourth-order valence-electron chi connectivity index (χ4n) is 8.95. The normalized spacial score (nSPS) is 34.7. The number of likely N-dealkylation sites (tertiary alicyclic amines) is 1. The van der Waals surface area contributed by atoms with Gasteiger partial charge in [0.2, 0.25) is 0 Å². The molecule has 5 aliphatic rings. The number of imidazole rings is 1. The summed E-state index contributed by atoms with van der Waals surface area (Å²) < 4.78 is 46.4. The van der Waals surface area contributed by atoms with E-state index in [2.05, 4.69) is 40.1 Å². The van der Waals surface area contributed by atoms with Crippen molar-refractivity contribution in [2.24, 2.45) is 17.8 Å². The molecule has 2 aromatic rings. The van der Waals surface area contributed by atoms with E-state index in [1.807, 2.05) is 0 Å². The topological polar surface area (TPSA) is 69.0 Å². The maximum absolute atomic E-state index is 14.5. The van der Waals surface area contributed by atoms with Crippen molar-refractivity contribution in [1.82, 2.24) is 34.9 Å². The van der Waals surface area contributed by atoms with Crippen molar-refractivity contribution in [3.8, 4) is 0 Å². The van der Waals surface area contributed by atoms with Crippen LogP contribution in [0.1, 0.15) is 80.9 Å². The molecule has 3 aliphatic heterocycles. The number of pyridine rings is 1. The van der Waals surface area contributed by atoms with E-state index in [1.165, 1.54) is 35.9 Å². The van der Waals surface area contributed by atoms with Crippen molar-refractivity contribution >= 4 is 5.52 Å². The smallest absolute Gasteiger partial charge is 0.309 e. The lowest BCUT2D eigenvalue weighted by Gasteiger charge is -2.46. The summed E-state index contributed by atoms with van der Waals surface area (Å²) in [6, 6.07) is 1.77. The monoisotopic (exact) mass is 575 g/mol. The first-order chi connectivity index (χ1) is 19.7. The van der Waals surface area contributed by atoms with Crippen LogP contribution in [0, 0.1) is 17.8 Å². The molecule has 5 fully saturated rings. The fourth-order valence-corrected chi connectivity index (χ4v) is 8.95. The second kappa shape index (κ2) is 10.7. The molecule has 3 saturated heterocycles. The first-order valence-corrected chi connectivity index (χ1v) is 15.6. The molecule has 6 atom stereocenters. The Kier molecular flexibility index (Phi) is 7.25. The lowest BCUT2D eigenvalue weighted by atomic mass is 9.65. The number of nitrogens with zero attached hydrogens (tertiary/aromatic N) is 4. The van der Waals surface area contributed by atoms with E-state index in [0.717, 1.165) is 58.3 Å². The van der Waals surface area contributed by atoms with Gasteiger partial charge in [0.1, 0.15) is 0 Å². The minimum Gasteiger partial charge on any atom is -0.309 e. The van der Waals surface area contributed by atoms with Crippen molar-refractivity contribution in [1.29, 1.82) is 0 Å². The SMILES string of the molecule is CN1CC2CC(c3cc(C(F)(F)F)c4cn(C5CCCC([C@@H](C6CCC6)C6NNCN6C)C5)c(=O)n4c3)CC(C1)N2. The van der Waals surface area contributed by atoms with Gasteiger partial charge in [0.25, 0.3) is 0 Å². The summed E-state index contributed by atoms with van der Waals surface area (Å²) in [5.74, 6) is 1.56. The van der Waals surface area contributed by atoms with E-state index >= 15 is 0 Å². The Morgan fingerprint density at radius 1 is 0.951 bits per heavy atom. The molecule has 2 aromatic heterocycles. The molecule has 3 N–H and O–H groups in total. The molecule has 8 nitrogen and oxygen atoms in total. The van der Waals surface area contributed by atoms with Crippen molar-refractivity contribution in [2.75, 3.05) is 33.9 Å². The Morgan fingerprint density at radius 2 is 1.66 bits per heavy atom. The standard InChI is InChI=1S/C30H44F3N7O/c1-37-14-22-9-20(10-23(15-37)35-22)21-12-25(30(31,32)33)26-16-39(29(41)40(26)13-21)24-8-4-7-19(11-24)27(18-5-3-6-18)28-36-34-17-38(28)2/h12-13,16,18-20,22-24,27-28,34-36H,3-11,14-15,17H2,1-2H3/t19?,20?,22?,23?,24?,27-,28?/m1/s1. The van der Waals surface area contributed by atoms with Crippen LogP contribution in [0.2, 0.25) is 0 Å². The number of piperidine rings is 1. The number of hydrazine groups is 1. The van der Waals surface area contributed by atoms with Gasteiger partial charge in [0, 0.05) is 43.6 Å². The molecule has 2 bridgehead atoms. The third-order valence-corrected chi connectivity index (χ3v) is 11.0. The average molecular weight is 576 g/mol. The van der Waals surface area contributed by atoms with Gasteiger partial charge in [-0.3, -0.25) is 13.9 Å². The predicted molar refractivity (Wildman–Crippen MR) is 151 cm³/mol. The maximum Gasteiger partial charge on any atom is 0.418 e. The van der Waals surface area contributed by atoms with Gasteiger partial charge < -0.3 is 10.2 Å². The van der Waals surface area contributed by atoms with E-state index in [-0.39, 0.29) is 41.4 Å². The summed E-state index contributed by atoms with van der Waals surface area (Å²) in [5, 5.41) is 3.63. The number of piperazine rings is 1. The number of alkyl halides is 3. The van der Waals surface area contributed by atoms with Crippen molar-refractivity contribution in [2.45, 2.75) is 94.2 Å². The molecule has 11 heteroatoms. The number of halogens is 3. The average Bonchev–Trinajstić information content (AvgIpc) is 3.47. The van der Waals surface area contributed by atoms with E-state index in [1.54, 1.807) is 10.8 Å². The van der Waals surface area contributed by atoms with Gasteiger partial charge in [-0.1, -0.05) is 25.7 Å². The first-order valence-electron chi connectivity index (χ1n) is 15.6. The Bertz CT molecular complexity index is 1300. The van der Waals surface area contributed by atoms with Crippen LogP contribution in [0.15, 0.2) is 23.3 Å². The van der Waals surface area contributed by atoms with Crippen LogP contribution in [0.3, 0.4) is 0 Å². The number of fused-ring (bicyclic) bond motifs is 3. The summed E-state index contributed by atoms with van der Waals surface area (Å²) in [6.45, 7) is 2.58. The fraction of sp³-hybridized carbons (Fsp3) is 0.767. The van der Waals surface area contributed by atoms with Crippen molar-refractivity contribution in [3.63, 3.8) is 0 Å². The highest BCUT2D eigenvalue weighted by Gasteiger charge is 2.44. The summed E-state index contributed by atoms with van der Waals surface area (Å²) in [6.07, 6.45) is 8.02. The minimum atomic E-state index is -4.53. The Labute approximate surface area is 239 Å². The number of nitrogens with one attached hydrogen (secondary N) is 3. The molecule has 0 aromatic carbocycles. The maximum atomic E-state index is 14.5. The second-order valence-electron chi connectivity index (χ2n) is 13.7. The summed E-state index contributed by atoms with van der Waals surface area (Å²) >= 11 is 0. The summed E-state index contributed by atoms with van der Waals surface area (Å²) in [5.41, 5.74) is 6.39. The predicted octanol–water partition coefficient (Wildman–Crippen LogP) is 3.74. The van der Waals surface area contributed by atoms with Crippen molar-refractivity contribution in [3.05, 3.63) is 40.1 Å². The Balaban J connectivity index is 1.21. The van der Waals surface area contributed by atoms with Crippen LogP contribution in [-0.4, -0.2) is 70.9 Å². The number of likely N-dealkylation sites (N-methyl/N-ethyl adjacent to an activating group) is 1.